The molecule has 0 unspecified atom stereocenters. The van der Waals surface area contributed by atoms with Gasteiger partial charge in [0.25, 0.3) is 0 Å². The topological polar surface area (TPSA) is 63.0 Å². The number of fused-ring (bicyclic) bond motifs is 6. The van der Waals surface area contributed by atoms with Crippen LogP contribution in [0.2, 0.25) is 0 Å². The molecule has 0 fully saturated rings. The van der Waals surface area contributed by atoms with Gasteiger partial charge in [-0.3, -0.25) is 0 Å². The highest BCUT2D eigenvalue weighted by Gasteiger charge is 2.48. The number of hydrogen-bond donors (Lipinski definition) is 0. The molecule has 0 radical (unpaired) electrons. The summed E-state index contributed by atoms with van der Waals surface area (Å²) in [5, 5.41) is 2.96. The van der Waals surface area contributed by atoms with E-state index >= 15 is 0 Å². The Bertz CT molecular complexity index is 2890. The number of benzene rings is 7. The highest BCUT2D eigenvalue weighted by atomic mass is 32.2. The summed E-state index contributed by atoms with van der Waals surface area (Å²) in [6.07, 6.45) is 0. The van der Waals surface area contributed by atoms with E-state index in [0.29, 0.717) is 33.3 Å². The molecule has 6 nitrogen and oxygen atoms in total. The molecule has 9 rings (SSSR count). The molecular weight excluding hydrogens is 730 g/mol. The Morgan fingerprint density at radius 2 is 1.06 bits per heavy atom. The third-order valence-electron chi connectivity index (χ3n) is 9.16. The van der Waals surface area contributed by atoms with Crippen LogP contribution in [0.15, 0.2) is 168 Å². The molecular formula is C43H27F3N2O4S2. The highest BCUT2D eigenvalue weighted by molar-refractivity contribution is 7.88. The second kappa shape index (κ2) is 13.0. The summed E-state index contributed by atoms with van der Waals surface area (Å²) in [7, 11) is -6.02. The number of nitrogens with zero attached hydrogens (tertiary/aromatic N) is 2. The van der Waals surface area contributed by atoms with E-state index in [0.717, 1.165) is 37.2 Å². The van der Waals surface area contributed by atoms with Crippen molar-refractivity contribution >= 4 is 97.7 Å². The zero-order valence-electron chi connectivity index (χ0n) is 28.1. The number of anilines is 6. The van der Waals surface area contributed by atoms with Crippen molar-refractivity contribution in [2.45, 2.75) is 5.51 Å². The standard InChI is InChI=1S/C43H27F3N2O4S2/c44-43(45,46)54(49,50)52-33-26-37-35-24-31(47(28-12-4-1-5-13-28)29-14-6-2-7-15-29)20-22-39(35)51-42(37)38(27-33)48(30-16-8-3-9-17-30)32-21-23-41-36(25-32)34-18-10-11-19-40(34)53-41/h1-27H. The molecule has 0 spiro atoms. The first kappa shape index (κ1) is 33.5. The quantitative estimate of drug-likeness (QED) is 0.114. The van der Waals surface area contributed by atoms with E-state index < -0.39 is 21.4 Å². The molecule has 0 aliphatic carbocycles. The van der Waals surface area contributed by atoms with Crippen molar-refractivity contribution < 1.29 is 30.2 Å². The van der Waals surface area contributed by atoms with Crippen molar-refractivity contribution in [1.82, 2.24) is 0 Å². The van der Waals surface area contributed by atoms with Crippen molar-refractivity contribution in [3.05, 3.63) is 164 Å². The minimum absolute atomic E-state index is 0.283. The number of rotatable bonds is 8. The summed E-state index contributed by atoms with van der Waals surface area (Å²) in [6, 6.07) is 50.9. The number of furan rings is 1. The molecule has 0 bridgehead atoms. The summed E-state index contributed by atoms with van der Waals surface area (Å²) < 4.78 is 79.9. The second-order valence-corrected chi connectivity index (χ2v) is 15.2. The Hall–Kier alpha value is -6.30. The lowest BCUT2D eigenvalue weighted by Gasteiger charge is -2.26. The van der Waals surface area contributed by atoms with Crippen LogP contribution in [0, 0.1) is 0 Å². The first-order chi connectivity index (χ1) is 26.1. The van der Waals surface area contributed by atoms with Gasteiger partial charge in [-0.25, -0.2) is 0 Å². The van der Waals surface area contributed by atoms with Crippen LogP contribution in [-0.2, 0) is 10.1 Å². The van der Waals surface area contributed by atoms with Crippen molar-refractivity contribution in [2.75, 3.05) is 9.80 Å². The zero-order chi connectivity index (χ0) is 37.0. The Morgan fingerprint density at radius 1 is 0.519 bits per heavy atom. The average molecular weight is 757 g/mol. The molecule has 266 valence electrons. The number of alkyl halides is 3. The molecule has 2 aromatic heterocycles. The van der Waals surface area contributed by atoms with Crippen molar-refractivity contribution in [2.24, 2.45) is 0 Å². The van der Waals surface area contributed by atoms with E-state index in [2.05, 4.69) is 6.07 Å². The van der Waals surface area contributed by atoms with Crippen molar-refractivity contribution in [3.8, 4) is 5.75 Å². The lowest BCUT2D eigenvalue weighted by atomic mass is 10.1. The third kappa shape index (κ3) is 5.87. The molecule has 9 aromatic rings. The van der Waals surface area contributed by atoms with E-state index in [9.17, 15) is 21.6 Å². The maximum absolute atomic E-state index is 13.8. The van der Waals surface area contributed by atoms with Gasteiger partial charge in [0.1, 0.15) is 11.3 Å². The van der Waals surface area contributed by atoms with Crippen molar-refractivity contribution in [3.63, 3.8) is 0 Å². The average Bonchev–Trinajstić information content (AvgIpc) is 3.74. The Balaban J connectivity index is 1.31. The lowest BCUT2D eigenvalue weighted by molar-refractivity contribution is -0.0500. The van der Waals surface area contributed by atoms with Gasteiger partial charge in [0.2, 0.25) is 0 Å². The Morgan fingerprint density at radius 3 is 1.70 bits per heavy atom. The van der Waals surface area contributed by atoms with Crippen LogP contribution in [0.1, 0.15) is 0 Å². The Labute approximate surface area is 311 Å². The highest BCUT2D eigenvalue weighted by Crippen LogP contribution is 2.48. The van der Waals surface area contributed by atoms with Crippen LogP contribution in [0.25, 0.3) is 42.1 Å². The van der Waals surface area contributed by atoms with Gasteiger partial charge in [0.15, 0.2) is 5.58 Å². The van der Waals surface area contributed by atoms with E-state index in [1.807, 2.05) is 149 Å². The van der Waals surface area contributed by atoms with Crippen LogP contribution < -0.4 is 14.0 Å². The van der Waals surface area contributed by atoms with E-state index in [4.69, 9.17) is 8.60 Å². The first-order valence-electron chi connectivity index (χ1n) is 16.8. The van der Waals surface area contributed by atoms with Gasteiger partial charge < -0.3 is 18.4 Å². The third-order valence-corrected chi connectivity index (χ3v) is 11.3. The monoisotopic (exact) mass is 756 g/mol. The van der Waals surface area contributed by atoms with Gasteiger partial charge in [-0.1, -0.05) is 72.8 Å². The molecule has 0 saturated carbocycles. The van der Waals surface area contributed by atoms with E-state index in [1.165, 1.54) is 12.1 Å². The fourth-order valence-corrected chi connectivity index (χ4v) is 8.34. The number of hydrogen-bond acceptors (Lipinski definition) is 7. The maximum Gasteiger partial charge on any atom is 0.534 e. The predicted molar refractivity (Wildman–Crippen MR) is 212 cm³/mol. The Kier molecular flexibility index (Phi) is 8.06. The summed E-state index contributed by atoms with van der Waals surface area (Å²) >= 11 is 1.66. The zero-order valence-corrected chi connectivity index (χ0v) is 29.7. The summed E-state index contributed by atoms with van der Waals surface area (Å²) in [5.41, 5.74) is -0.762. The second-order valence-electron chi connectivity index (χ2n) is 12.5. The minimum Gasteiger partial charge on any atom is -0.454 e. The van der Waals surface area contributed by atoms with Crippen LogP contribution in [0.5, 0.6) is 5.75 Å². The van der Waals surface area contributed by atoms with Crippen LogP contribution >= 0.6 is 11.3 Å². The summed E-state index contributed by atoms with van der Waals surface area (Å²) in [4.78, 5) is 3.88. The van der Waals surface area contributed by atoms with E-state index in [1.54, 1.807) is 17.4 Å². The molecule has 0 N–H and O–H groups in total. The fraction of sp³-hybridized carbons (Fsp3) is 0.0233. The molecule has 7 aromatic carbocycles. The van der Waals surface area contributed by atoms with Crippen molar-refractivity contribution in [1.29, 1.82) is 0 Å². The minimum atomic E-state index is -6.02. The summed E-state index contributed by atoms with van der Waals surface area (Å²) in [6.45, 7) is 0. The molecule has 0 atom stereocenters. The van der Waals surface area contributed by atoms with Gasteiger partial charge in [-0.15, -0.1) is 11.3 Å². The first-order valence-corrected chi connectivity index (χ1v) is 19.0. The van der Waals surface area contributed by atoms with Gasteiger partial charge in [-0.2, -0.15) is 21.6 Å². The maximum atomic E-state index is 13.8. The van der Waals surface area contributed by atoms with Gasteiger partial charge in [-0.05, 0) is 84.9 Å². The lowest BCUT2D eigenvalue weighted by Crippen LogP contribution is -2.28. The molecule has 54 heavy (non-hydrogen) atoms. The van der Waals surface area contributed by atoms with Crippen LogP contribution in [0.4, 0.5) is 47.3 Å². The summed E-state index contributed by atoms with van der Waals surface area (Å²) in [5.74, 6) is -0.520. The largest absolute Gasteiger partial charge is 0.534 e. The molecule has 2 heterocycles. The van der Waals surface area contributed by atoms with Gasteiger partial charge in [0.05, 0.1) is 5.69 Å². The molecule has 11 heteroatoms. The van der Waals surface area contributed by atoms with Gasteiger partial charge >= 0.3 is 15.6 Å². The van der Waals surface area contributed by atoms with Crippen LogP contribution in [-0.4, -0.2) is 13.9 Å². The van der Waals surface area contributed by atoms with Crippen LogP contribution in [0.3, 0.4) is 0 Å². The molecule has 0 amide bonds. The normalized spacial score (nSPS) is 12.1. The van der Waals surface area contributed by atoms with E-state index in [-0.39, 0.29) is 5.69 Å². The SMILES string of the molecule is O=S(=O)(Oc1cc(N(c2ccccc2)c2ccc3sc4ccccc4c3c2)c2oc3ccc(N(c4ccccc4)c4ccccc4)cc3c2c1)C(F)(F)F. The molecule has 0 saturated heterocycles. The van der Waals surface area contributed by atoms with Gasteiger partial charge in [0, 0.05) is 65.4 Å². The number of para-hydroxylation sites is 3. The smallest absolute Gasteiger partial charge is 0.454 e. The number of thiophene rings is 1. The molecule has 0 aliphatic heterocycles. The predicted octanol–water partition coefficient (Wildman–Crippen LogP) is 13.1. The number of halogens is 3. The molecule has 0 aliphatic rings. The fourth-order valence-electron chi connectivity index (χ4n) is 6.81.